The molecule has 2 aromatic rings. The summed E-state index contributed by atoms with van der Waals surface area (Å²) in [6.45, 7) is 19.7. The predicted molar refractivity (Wildman–Crippen MR) is 168 cm³/mol. The Morgan fingerprint density at radius 1 is 1.05 bits per heavy atom. The maximum Gasteiger partial charge on any atom is 0.340 e. The van der Waals surface area contributed by atoms with Crippen molar-refractivity contribution in [2.45, 2.75) is 93.0 Å². The molecule has 1 unspecified atom stereocenters. The lowest BCUT2D eigenvalue weighted by atomic mass is 9.82. The van der Waals surface area contributed by atoms with Gasteiger partial charge in [0.15, 0.2) is 6.10 Å². The highest BCUT2D eigenvalue weighted by Gasteiger charge is 2.37. The van der Waals surface area contributed by atoms with E-state index in [1.54, 1.807) is 6.20 Å². The third kappa shape index (κ3) is 10.4. The van der Waals surface area contributed by atoms with Gasteiger partial charge >= 0.3 is 5.97 Å². The molecule has 0 N–H and O–H groups in total. The summed E-state index contributed by atoms with van der Waals surface area (Å²) in [6, 6.07) is 3.69. The molecule has 0 bridgehead atoms. The van der Waals surface area contributed by atoms with E-state index in [9.17, 15) is 13.2 Å². The molecule has 240 valence electrons. The number of rotatable bonds is 12. The van der Waals surface area contributed by atoms with Crippen LogP contribution in [0.5, 0.6) is 5.75 Å². The van der Waals surface area contributed by atoms with Crippen LogP contribution in [0.15, 0.2) is 24.5 Å². The zero-order valence-corrected chi connectivity index (χ0v) is 28.2. The predicted octanol–water partition coefficient (Wildman–Crippen LogP) is 5.88. The Morgan fingerprint density at radius 2 is 1.70 bits per heavy atom. The first kappa shape index (κ1) is 34.7. The van der Waals surface area contributed by atoms with E-state index in [0.29, 0.717) is 22.7 Å². The van der Waals surface area contributed by atoms with Gasteiger partial charge in [0.1, 0.15) is 5.75 Å². The lowest BCUT2D eigenvalue weighted by Gasteiger charge is -2.41. The van der Waals surface area contributed by atoms with E-state index in [0.717, 1.165) is 43.4 Å². The van der Waals surface area contributed by atoms with Gasteiger partial charge in [0.25, 0.3) is 10.1 Å². The van der Waals surface area contributed by atoms with Crippen LogP contribution in [0.25, 0.3) is 11.3 Å². The summed E-state index contributed by atoms with van der Waals surface area (Å²) in [5, 5.41) is 0. The Bertz CT molecular complexity index is 1340. The van der Waals surface area contributed by atoms with Gasteiger partial charge in [0, 0.05) is 42.0 Å². The maximum absolute atomic E-state index is 13.6. The molecular weight excluding hydrogens is 570 g/mol. The number of carbonyl (C=O) groups is 1. The minimum Gasteiger partial charge on any atom is -0.492 e. The molecule has 0 radical (unpaired) electrons. The molecule has 0 aromatic carbocycles. The highest BCUT2D eigenvalue weighted by atomic mass is 32.2. The van der Waals surface area contributed by atoms with Crippen molar-refractivity contribution in [1.29, 1.82) is 0 Å². The molecule has 0 amide bonds. The molecule has 2 atom stereocenters. The Morgan fingerprint density at radius 3 is 2.23 bits per heavy atom. The van der Waals surface area contributed by atoms with Gasteiger partial charge in [0.2, 0.25) is 0 Å². The Balaban J connectivity index is 2.03. The van der Waals surface area contributed by atoms with E-state index < -0.39 is 27.8 Å². The minimum atomic E-state index is -3.51. The Hall–Kier alpha value is -2.76. The van der Waals surface area contributed by atoms with Crippen LogP contribution < -0.4 is 9.64 Å². The fourth-order valence-corrected chi connectivity index (χ4v) is 5.29. The van der Waals surface area contributed by atoms with Gasteiger partial charge in [-0.2, -0.15) is 8.42 Å². The SMILES string of the molecule is Cc1ncc(-c2ccc(OCC(C)COS(C)(=O)=O)cn2)c(N2CCC(C)(C)CC2)c1[C@H](OC(C)(C)C)C(=O)OC(C)C. The number of carbonyl (C=O) groups excluding carboxylic acids is 1. The molecule has 2 aromatic heterocycles. The molecule has 1 fully saturated rings. The Kier molecular flexibility index (Phi) is 11.2. The van der Waals surface area contributed by atoms with Crippen LogP contribution in [0.3, 0.4) is 0 Å². The van der Waals surface area contributed by atoms with Crippen molar-refractivity contribution in [3.8, 4) is 17.0 Å². The average Bonchev–Trinajstić information content (AvgIpc) is 2.88. The summed E-state index contributed by atoms with van der Waals surface area (Å²) in [5.41, 5.74) is 3.35. The lowest BCUT2D eigenvalue weighted by Crippen LogP contribution is -2.39. The Labute approximate surface area is 257 Å². The molecule has 1 saturated heterocycles. The van der Waals surface area contributed by atoms with Crippen LogP contribution in [0.1, 0.15) is 85.6 Å². The van der Waals surface area contributed by atoms with Gasteiger partial charge in [-0.25, -0.2) is 4.79 Å². The number of anilines is 1. The van der Waals surface area contributed by atoms with Crippen molar-refractivity contribution in [2.24, 2.45) is 11.3 Å². The number of aryl methyl sites for hydroxylation is 1. The fraction of sp³-hybridized carbons (Fsp3) is 0.656. The quantitative estimate of drug-likeness (QED) is 0.211. The highest BCUT2D eigenvalue weighted by Crippen LogP contribution is 2.43. The molecule has 3 heterocycles. The van der Waals surface area contributed by atoms with Crippen molar-refractivity contribution >= 4 is 21.8 Å². The van der Waals surface area contributed by atoms with E-state index in [1.165, 1.54) is 0 Å². The van der Waals surface area contributed by atoms with Gasteiger partial charge in [-0.15, -0.1) is 0 Å². The number of aromatic nitrogens is 2. The molecule has 1 aliphatic heterocycles. The molecule has 3 rings (SSSR count). The second-order valence-electron chi connectivity index (χ2n) is 13.6. The molecular formula is C32H49N3O7S. The number of hydrogen-bond donors (Lipinski definition) is 0. The van der Waals surface area contributed by atoms with E-state index in [-0.39, 0.29) is 30.7 Å². The molecule has 43 heavy (non-hydrogen) atoms. The largest absolute Gasteiger partial charge is 0.492 e. The molecule has 0 spiro atoms. The van der Waals surface area contributed by atoms with E-state index in [1.807, 2.05) is 66.8 Å². The summed E-state index contributed by atoms with van der Waals surface area (Å²) in [6.07, 6.45) is 5.19. The number of ether oxygens (including phenoxy) is 3. The first-order chi connectivity index (χ1) is 19.8. The van der Waals surface area contributed by atoms with Crippen LogP contribution in [-0.2, 0) is 28.6 Å². The number of hydrogen-bond acceptors (Lipinski definition) is 10. The first-order valence-electron chi connectivity index (χ1n) is 14.9. The van der Waals surface area contributed by atoms with E-state index >= 15 is 0 Å². The van der Waals surface area contributed by atoms with Crippen LogP contribution in [0.4, 0.5) is 5.69 Å². The van der Waals surface area contributed by atoms with Gasteiger partial charge < -0.3 is 19.1 Å². The van der Waals surface area contributed by atoms with E-state index in [2.05, 4.69) is 18.7 Å². The van der Waals surface area contributed by atoms with Gasteiger partial charge in [-0.1, -0.05) is 20.8 Å². The van der Waals surface area contributed by atoms with Gasteiger partial charge in [0.05, 0.1) is 48.8 Å². The van der Waals surface area contributed by atoms with Crippen molar-refractivity contribution in [3.63, 3.8) is 0 Å². The van der Waals surface area contributed by atoms with Crippen LogP contribution in [0.2, 0.25) is 0 Å². The highest BCUT2D eigenvalue weighted by molar-refractivity contribution is 7.85. The summed E-state index contributed by atoms with van der Waals surface area (Å²) in [5.74, 6) is -0.0409. The van der Waals surface area contributed by atoms with E-state index in [4.69, 9.17) is 28.4 Å². The zero-order valence-electron chi connectivity index (χ0n) is 27.4. The van der Waals surface area contributed by atoms with Crippen molar-refractivity contribution in [1.82, 2.24) is 9.97 Å². The van der Waals surface area contributed by atoms with Crippen LogP contribution >= 0.6 is 0 Å². The minimum absolute atomic E-state index is 0.0369. The van der Waals surface area contributed by atoms with Crippen LogP contribution in [-0.4, -0.2) is 68.6 Å². The fourth-order valence-electron chi connectivity index (χ4n) is 4.81. The summed E-state index contributed by atoms with van der Waals surface area (Å²) < 4.78 is 45.4. The molecule has 1 aliphatic rings. The smallest absolute Gasteiger partial charge is 0.340 e. The molecule has 10 nitrogen and oxygen atoms in total. The number of esters is 1. The number of piperidine rings is 1. The van der Waals surface area contributed by atoms with Gasteiger partial charge in [-0.3, -0.25) is 14.2 Å². The average molecular weight is 620 g/mol. The third-order valence-corrected chi connectivity index (χ3v) is 7.70. The van der Waals surface area contributed by atoms with Crippen molar-refractivity contribution in [3.05, 3.63) is 35.8 Å². The first-order valence-corrected chi connectivity index (χ1v) is 16.7. The summed E-state index contributed by atoms with van der Waals surface area (Å²) in [7, 11) is -3.51. The molecule has 11 heteroatoms. The zero-order chi connectivity index (χ0) is 32.2. The number of pyridine rings is 2. The standard InChI is InChI=1S/C32H49N3O7S/c1-21(2)41-30(36)29(42-31(5,6)7)27-23(4)33-18-25(28(27)35-15-13-32(8,9)14-16-35)26-12-11-24(17-34-26)39-19-22(3)20-40-43(10,37)38/h11-12,17-18,21-22,29H,13-16,19-20H2,1-10H3/t22?,29-/m0/s1. The van der Waals surface area contributed by atoms with Crippen molar-refractivity contribution in [2.75, 3.05) is 37.5 Å². The monoisotopic (exact) mass is 619 g/mol. The van der Waals surface area contributed by atoms with Gasteiger partial charge in [-0.05, 0) is 71.9 Å². The third-order valence-electron chi connectivity index (χ3n) is 7.13. The normalized spacial score (nSPS) is 17.0. The number of nitrogens with zero attached hydrogens (tertiary/aromatic N) is 3. The summed E-state index contributed by atoms with van der Waals surface area (Å²) >= 11 is 0. The molecule has 0 saturated carbocycles. The maximum atomic E-state index is 13.6. The lowest BCUT2D eigenvalue weighted by molar-refractivity contribution is -0.171. The topological polar surface area (TPSA) is 117 Å². The summed E-state index contributed by atoms with van der Waals surface area (Å²) in [4.78, 5) is 25.3. The second kappa shape index (κ2) is 13.9. The molecule has 0 aliphatic carbocycles. The van der Waals surface area contributed by atoms with Crippen LogP contribution in [0, 0.1) is 18.3 Å². The second-order valence-corrected chi connectivity index (χ2v) is 15.2. The van der Waals surface area contributed by atoms with Crippen molar-refractivity contribution < 1.29 is 31.6 Å².